The molecule has 3 heterocycles. The molecule has 0 saturated carbocycles. The topological polar surface area (TPSA) is 89.0 Å². The van der Waals surface area contributed by atoms with Crippen LogP contribution < -0.4 is 4.74 Å². The van der Waals surface area contributed by atoms with Crippen LogP contribution in [0.3, 0.4) is 0 Å². The molecule has 1 fully saturated rings. The number of amides is 1. The van der Waals surface area contributed by atoms with Gasteiger partial charge in [0.15, 0.2) is 5.76 Å². The Labute approximate surface area is 214 Å². The number of carbonyl (C=O) groups excluding carboxylic acids is 2. The number of rotatable bonds is 8. The minimum absolute atomic E-state index is 0.0676. The number of Topliss-reactive ketones (excluding diaryl/α,β-unsaturated/α-hetero) is 1. The average molecular weight is 505 g/mol. The van der Waals surface area contributed by atoms with Crippen molar-refractivity contribution in [3.63, 3.8) is 0 Å². The molecule has 1 N–H and O–H groups in total. The molecule has 2 unspecified atom stereocenters. The van der Waals surface area contributed by atoms with E-state index in [-0.39, 0.29) is 17.5 Å². The van der Waals surface area contributed by atoms with Crippen LogP contribution in [0.5, 0.6) is 5.75 Å². The second kappa shape index (κ2) is 10.2. The first-order chi connectivity index (χ1) is 17.5. The molecule has 3 aromatic rings. The molecule has 1 aromatic heterocycles. The first kappa shape index (κ1) is 24.2. The van der Waals surface area contributed by atoms with Crippen LogP contribution in [0.2, 0.25) is 0 Å². The van der Waals surface area contributed by atoms with E-state index in [0.29, 0.717) is 46.7 Å². The molecule has 2 aromatic carbocycles. The van der Waals surface area contributed by atoms with Gasteiger partial charge in [-0.05, 0) is 44.4 Å². The fraction of sp³-hybridized carbons (Fsp3) is 0.321. The lowest BCUT2D eigenvalue weighted by atomic mass is 9.94. The van der Waals surface area contributed by atoms with Crippen molar-refractivity contribution < 1.29 is 24.2 Å². The van der Waals surface area contributed by atoms with Crippen LogP contribution in [0.4, 0.5) is 0 Å². The number of hydrogen-bond acceptors (Lipinski definition) is 7. The fourth-order valence-corrected chi connectivity index (χ4v) is 5.83. The zero-order valence-corrected chi connectivity index (χ0v) is 21.1. The maximum Gasteiger partial charge on any atom is 0.290 e. The van der Waals surface area contributed by atoms with E-state index in [1.54, 1.807) is 11.8 Å². The number of carbonyl (C=O) groups is 2. The number of aliphatic hydroxyl groups excluding tert-OH is 1. The zero-order chi connectivity index (χ0) is 25.2. The molecule has 7 nitrogen and oxygen atoms in total. The van der Waals surface area contributed by atoms with Gasteiger partial charge in [0.1, 0.15) is 10.8 Å². The third kappa shape index (κ3) is 4.54. The molecule has 0 aliphatic carbocycles. The van der Waals surface area contributed by atoms with Crippen LogP contribution in [-0.4, -0.2) is 52.5 Å². The molecule has 1 amide bonds. The predicted octanol–water partition coefficient (Wildman–Crippen LogP) is 5.27. The molecule has 186 valence electrons. The van der Waals surface area contributed by atoms with E-state index < -0.39 is 17.7 Å². The van der Waals surface area contributed by atoms with E-state index in [1.165, 1.54) is 11.3 Å². The Bertz CT molecular complexity index is 1310. The molecule has 0 spiro atoms. The Morgan fingerprint density at radius 2 is 2.03 bits per heavy atom. The van der Waals surface area contributed by atoms with Crippen LogP contribution in [0.1, 0.15) is 46.7 Å². The first-order valence-corrected chi connectivity index (χ1v) is 13.0. The summed E-state index contributed by atoms with van der Waals surface area (Å²) in [6, 6.07) is 16.2. The Morgan fingerprint density at radius 3 is 2.75 bits per heavy atom. The maximum atomic E-state index is 14.0. The average Bonchev–Trinajstić information content (AvgIpc) is 3.60. The predicted molar refractivity (Wildman–Crippen MR) is 137 cm³/mol. The number of ether oxygens (including phenoxy) is 2. The number of hydrogen-bond donors (Lipinski definition) is 1. The van der Waals surface area contributed by atoms with Crippen molar-refractivity contribution in [2.75, 3.05) is 19.8 Å². The second-order valence-electron chi connectivity index (χ2n) is 8.89. The molecule has 1 saturated heterocycles. The highest BCUT2D eigenvalue weighted by Gasteiger charge is 2.45. The van der Waals surface area contributed by atoms with Crippen molar-refractivity contribution in [2.45, 2.75) is 38.8 Å². The van der Waals surface area contributed by atoms with Crippen molar-refractivity contribution in [3.8, 4) is 16.3 Å². The third-order valence-corrected chi connectivity index (χ3v) is 7.69. The van der Waals surface area contributed by atoms with Crippen LogP contribution in [0, 0.1) is 6.92 Å². The smallest absolute Gasteiger partial charge is 0.290 e. The second-order valence-corrected chi connectivity index (χ2v) is 9.89. The van der Waals surface area contributed by atoms with Gasteiger partial charge in [-0.2, -0.15) is 0 Å². The monoisotopic (exact) mass is 504 g/mol. The van der Waals surface area contributed by atoms with Crippen molar-refractivity contribution in [1.82, 2.24) is 9.88 Å². The standard InChI is InChI=1S/C28H28N2O5S/c1-3-34-20-12-7-11-19(15-20)23-22(25(32)28(33)30(23)16-21-13-8-14-35-21)24(31)26-17(2)29-27(36-26)18-9-5-4-6-10-18/h4-7,9-12,15,21,23,32H,3,8,13-14,16H2,1-2H3. The van der Waals surface area contributed by atoms with E-state index in [2.05, 4.69) is 4.98 Å². The molecule has 0 radical (unpaired) electrons. The lowest BCUT2D eigenvalue weighted by molar-refractivity contribution is -0.131. The molecule has 5 rings (SSSR count). The summed E-state index contributed by atoms with van der Waals surface area (Å²) in [5.41, 5.74) is 2.24. The number of ketones is 1. The SMILES string of the molecule is CCOc1cccc(C2C(C(=O)c3sc(-c4ccccc4)nc3C)=C(O)C(=O)N2CC2CCCO2)c1. The fourth-order valence-electron chi connectivity index (χ4n) is 4.80. The number of nitrogens with zero attached hydrogens (tertiary/aromatic N) is 2. The molecule has 0 bridgehead atoms. The molecule has 8 heteroatoms. The van der Waals surface area contributed by atoms with Gasteiger partial charge in [-0.15, -0.1) is 11.3 Å². The van der Waals surface area contributed by atoms with Crippen molar-refractivity contribution in [3.05, 3.63) is 82.1 Å². The number of aryl methyl sites for hydroxylation is 1. The minimum Gasteiger partial charge on any atom is -0.503 e. The first-order valence-electron chi connectivity index (χ1n) is 12.1. The lowest BCUT2D eigenvalue weighted by Crippen LogP contribution is -2.37. The number of aromatic nitrogens is 1. The molecule has 2 aliphatic rings. The van der Waals surface area contributed by atoms with Crippen molar-refractivity contribution in [1.29, 1.82) is 0 Å². The van der Waals surface area contributed by atoms with Gasteiger partial charge in [0.2, 0.25) is 5.78 Å². The molecular formula is C28H28N2O5S. The van der Waals surface area contributed by atoms with E-state index >= 15 is 0 Å². The highest BCUT2D eigenvalue weighted by molar-refractivity contribution is 7.17. The zero-order valence-electron chi connectivity index (χ0n) is 20.3. The van der Waals surface area contributed by atoms with Gasteiger partial charge in [0.05, 0.1) is 34.9 Å². The highest BCUT2D eigenvalue weighted by Crippen LogP contribution is 2.42. The summed E-state index contributed by atoms with van der Waals surface area (Å²) in [7, 11) is 0. The van der Waals surface area contributed by atoms with Gasteiger partial charge >= 0.3 is 0 Å². The Morgan fingerprint density at radius 1 is 1.22 bits per heavy atom. The van der Waals surface area contributed by atoms with Crippen LogP contribution in [0.15, 0.2) is 65.9 Å². The normalized spacial score (nSPS) is 19.8. The molecular weight excluding hydrogens is 476 g/mol. The van der Waals surface area contributed by atoms with E-state index in [1.807, 2.05) is 61.5 Å². The summed E-state index contributed by atoms with van der Waals surface area (Å²) in [4.78, 5) is 33.8. The molecule has 2 aliphatic heterocycles. The number of thiazole rings is 1. The number of aliphatic hydroxyl groups is 1. The molecule has 36 heavy (non-hydrogen) atoms. The molecule has 2 atom stereocenters. The summed E-state index contributed by atoms with van der Waals surface area (Å²) in [5.74, 6) is -0.831. The third-order valence-electron chi connectivity index (χ3n) is 6.48. The summed E-state index contributed by atoms with van der Waals surface area (Å²) < 4.78 is 11.5. The maximum absolute atomic E-state index is 14.0. The Kier molecular flexibility index (Phi) is 6.89. The summed E-state index contributed by atoms with van der Waals surface area (Å²) >= 11 is 1.27. The van der Waals surface area contributed by atoms with Crippen molar-refractivity contribution >= 4 is 23.0 Å². The van der Waals surface area contributed by atoms with Gasteiger partial charge < -0.3 is 19.5 Å². The van der Waals surface area contributed by atoms with E-state index in [4.69, 9.17) is 9.47 Å². The summed E-state index contributed by atoms with van der Waals surface area (Å²) in [6.07, 6.45) is 1.61. The Hall–Kier alpha value is -3.49. The largest absolute Gasteiger partial charge is 0.503 e. The minimum atomic E-state index is -0.753. The van der Waals surface area contributed by atoms with Crippen LogP contribution in [0.25, 0.3) is 10.6 Å². The van der Waals surface area contributed by atoms with Crippen LogP contribution in [-0.2, 0) is 9.53 Å². The van der Waals surface area contributed by atoms with Crippen LogP contribution >= 0.6 is 11.3 Å². The lowest BCUT2D eigenvalue weighted by Gasteiger charge is -2.29. The van der Waals surface area contributed by atoms with Crippen molar-refractivity contribution in [2.24, 2.45) is 0 Å². The highest BCUT2D eigenvalue weighted by atomic mass is 32.1. The van der Waals surface area contributed by atoms with Gasteiger partial charge in [0.25, 0.3) is 5.91 Å². The Balaban J connectivity index is 1.56. The van der Waals surface area contributed by atoms with Gasteiger partial charge in [0, 0.05) is 18.7 Å². The van der Waals surface area contributed by atoms with Gasteiger partial charge in [-0.1, -0.05) is 42.5 Å². The summed E-state index contributed by atoms with van der Waals surface area (Å²) in [6.45, 7) is 5.10. The van der Waals surface area contributed by atoms with E-state index in [9.17, 15) is 14.7 Å². The van der Waals surface area contributed by atoms with Gasteiger partial charge in [-0.3, -0.25) is 9.59 Å². The summed E-state index contributed by atoms with van der Waals surface area (Å²) in [5, 5.41) is 11.7. The quantitative estimate of drug-likeness (QED) is 0.420. The van der Waals surface area contributed by atoms with Gasteiger partial charge in [-0.25, -0.2) is 4.98 Å². The number of benzene rings is 2. The van der Waals surface area contributed by atoms with E-state index in [0.717, 1.165) is 18.4 Å².